The van der Waals surface area contributed by atoms with Crippen LogP contribution >= 0.6 is 0 Å². The van der Waals surface area contributed by atoms with E-state index in [4.69, 9.17) is 10.1 Å². The molecule has 158 valence electrons. The van der Waals surface area contributed by atoms with Crippen LogP contribution in [0.5, 0.6) is 0 Å². The van der Waals surface area contributed by atoms with Crippen LogP contribution in [-0.2, 0) is 16.4 Å². The van der Waals surface area contributed by atoms with Gasteiger partial charge in [0.1, 0.15) is 0 Å². The van der Waals surface area contributed by atoms with E-state index >= 15 is 0 Å². The molecular formula is C21H25N5O3S. The van der Waals surface area contributed by atoms with Crippen molar-refractivity contribution >= 4 is 32.7 Å². The summed E-state index contributed by atoms with van der Waals surface area (Å²) in [6.45, 7) is 8.57. The average molecular weight is 428 g/mol. The van der Waals surface area contributed by atoms with Crippen molar-refractivity contribution in [1.82, 2.24) is 14.8 Å². The number of benzene rings is 1. The van der Waals surface area contributed by atoms with Crippen molar-refractivity contribution in [1.29, 1.82) is 0 Å². The molecule has 1 amide bonds. The summed E-state index contributed by atoms with van der Waals surface area (Å²) >= 11 is 0. The Kier molecular flexibility index (Phi) is 4.90. The maximum absolute atomic E-state index is 13.6. The summed E-state index contributed by atoms with van der Waals surface area (Å²) in [6.07, 6.45) is 2.33. The van der Waals surface area contributed by atoms with E-state index < -0.39 is 10.0 Å². The highest BCUT2D eigenvalue weighted by atomic mass is 32.2. The predicted octanol–water partition coefficient (Wildman–Crippen LogP) is 2.99. The number of aromatic nitrogens is 3. The molecule has 4 rings (SSSR count). The maximum Gasteiger partial charge on any atom is 0.259 e. The number of pyridine rings is 1. The lowest BCUT2D eigenvalue weighted by molar-refractivity contribution is 0.0990. The molecule has 30 heavy (non-hydrogen) atoms. The van der Waals surface area contributed by atoms with Gasteiger partial charge in [0.2, 0.25) is 10.0 Å². The van der Waals surface area contributed by atoms with Gasteiger partial charge in [0.25, 0.3) is 5.91 Å². The summed E-state index contributed by atoms with van der Waals surface area (Å²) in [5, 5.41) is 10.4. The van der Waals surface area contributed by atoms with Crippen LogP contribution in [0.15, 0.2) is 35.4 Å². The largest absolute Gasteiger partial charge is 0.308 e. The van der Waals surface area contributed by atoms with E-state index in [9.17, 15) is 13.2 Å². The minimum Gasteiger partial charge on any atom is -0.308 e. The number of anilines is 1. The Morgan fingerprint density at radius 2 is 1.90 bits per heavy atom. The van der Waals surface area contributed by atoms with E-state index in [1.54, 1.807) is 17.2 Å². The van der Waals surface area contributed by atoms with E-state index in [1.165, 1.54) is 12.1 Å². The van der Waals surface area contributed by atoms with Crippen molar-refractivity contribution < 1.29 is 13.2 Å². The van der Waals surface area contributed by atoms with Crippen molar-refractivity contribution in [3.63, 3.8) is 0 Å². The molecule has 0 aliphatic carbocycles. The highest BCUT2D eigenvalue weighted by Crippen LogP contribution is 2.33. The van der Waals surface area contributed by atoms with Crippen molar-refractivity contribution in [2.24, 2.45) is 5.14 Å². The molecular weight excluding hydrogens is 402 g/mol. The summed E-state index contributed by atoms with van der Waals surface area (Å²) in [4.78, 5) is 20.0. The number of amides is 1. The molecule has 0 saturated heterocycles. The summed E-state index contributed by atoms with van der Waals surface area (Å²) in [5.41, 5.74) is 3.51. The first-order valence-electron chi connectivity index (χ1n) is 9.93. The maximum atomic E-state index is 13.6. The highest BCUT2D eigenvalue weighted by molar-refractivity contribution is 7.89. The Morgan fingerprint density at radius 3 is 2.53 bits per heavy atom. The van der Waals surface area contributed by atoms with E-state index in [-0.39, 0.29) is 22.8 Å². The minimum absolute atomic E-state index is 0.00341. The Labute approximate surface area is 175 Å². The summed E-state index contributed by atoms with van der Waals surface area (Å²) in [5.74, 6) is -0.0609. The van der Waals surface area contributed by atoms with Crippen LogP contribution in [0.1, 0.15) is 61.3 Å². The zero-order valence-electron chi connectivity index (χ0n) is 17.5. The number of carbonyl (C=O) groups is 1. The third-order valence-corrected chi connectivity index (χ3v) is 6.33. The molecule has 2 aromatic heterocycles. The van der Waals surface area contributed by atoms with E-state index in [1.807, 2.05) is 38.4 Å². The van der Waals surface area contributed by atoms with Crippen LogP contribution in [0, 0.1) is 0 Å². The lowest BCUT2D eigenvalue weighted by Crippen LogP contribution is -2.29. The van der Waals surface area contributed by atoms with Crippen molar-refractivity contribution in [2.75, 3.05) is 11.4 Å². The summed E-state index contributed by atoms with van der Waals surface area (Å²) < 4.78 is 25.4. The molecule has 3 heterocycles. The fraction of sp³-hybridized carbons (Fsp3) is 0.381. The number of hydrogen-bond acceptors (Lipinski definition) is 5. The summed E-state index contributed by atoms with van der Waals surface area (Å²) in [7, 11) is -3.86. The number of sulfonamides is 1. The molecule has 0 atom stereocenters. The Hall–Kier alpha value is -2.78. The van der Waals surface area contributed by atoms with Gasteiger partial charge in [-0.25, -0.2) is 23.2 Å². The predicted molar refractivity (Wildman–Crippen MR) is 115 cm³/mol. The normalized spacial score (nSPS) is 14.2. The van der Waals surface area contributed by atoms with E-state index in [0.29, 0.717) is 35.2 Å². The zero-order valence-corrected chi connectivity index (χ0v) is 18.3. The second kappa shape index (κ2) is 7.17. The fourth-order valence-corrected chi connectivity index (χ4v) is 4.31. The molecule has 1 aromatic carbocycles. The molecule has 1 aliphatic heterocycles. The number of hydrogen-bond donors (Lipinski definition) is 1. The Morgan fingerprint density at radius 1 is 1.17 bits per heavy atom. The third kappa shape index (κ3) is 3.37. The van der Waals surface area contributed by atoms with Gasteiger partial charge in [-0.3, -0.25) is 4.79 Å². The molecule has 9 heteroatoms. The van der Waals surface area contributed by atoms with Crippen LogP contribution in [0.2, 0.25) is 0 Å². The molecule has 0 fully saturated rings. The second-order valence-electron chi connectivity index (χ2n) is 8.21. The van der Waals surface area contributed by atoms with Crippen LogP contribution in [0.3, 0.4) is 0 Å². The lowest BCUT2D eigenvalue weighted by Gasteiger charge is -2.19. The van der Waals surface area contributed by atoms with Crippen molar-refractivity contribution in [3.05, 3.63) is 47.3 Å². The SMILES string of the molecule is CC(C)c1cc(C(=O)N2CCc3ccc(S(N)(=O)=O)cc32)c2cnn(C(C)C)c2n1. The number of carbonyl (C=O) groups excluding carboxylic acids is 1. The molecule has 0 bridgehead atoms. The molecule has 2 N–H and O–H groups in total. The van der Waals surface area contributed by atoms with Gasteiger partial charge in [0.15, 0.2) is 5.65 Å². The van der Waals surface area contributed by atoms with Gasteiger partial charge in [0.05, 0.1) is 22.0 Å². The topological polar surface area (TPSA) is 111 Å². The van der Waals surface area contributed by atoms with E-state index in [2.05, 4.69) is 5.10 Å². The monoisotopic (exact) mass is 427 g/mol. The standard InChI is InChI=1S/C21H25N5O3S/c1-12(2)18-10-16(17-11-23-26(13(3)4)20(17)24-18)21(27)25-8-7-14-5-6-15(9-19(14)25)30(22,28)29/h5-6,9-13H,7-8H2,1-4H3,(H2,22,28,29). The molecule has 3 aromatic rings. The molecule has 8 nitrogen and oxygen atoms in total. The molecule has 0 saturated carbocycles. The molecule has 0 spiro atoms. The number of primary sulfonamides is 1. The Balaban J connectivity index is 1.86. The number of nitrogens with zero attached hydrogens (tertiary/aromatic N) is 4. The number of rotatable bonds is 4. The average Bonchev–Trinajstić information content (AvgIpc) is 3.29. The first-order chi connectivity index (χ1) is 14.1. The van der Waals surface area contributed by atoms with Gasteiger partial charge in [-0.1, -0.05) is 19.9 Å². The third-order valence-electron chi connectivity index (χ3n) is 5.42. The zero-order chi connectivity index (χ0) is 21.8. The lowest BCUT2D eigenvalue weighted by atomic mass is 10.0. The second-order valence-corrected chi connectivity index (χ2v) is 9.77. The van der Waals surface area contributed by atoms with Crippen LogP contribution < -0.4 is 10.0 Å². The summed E-state index contributed by atoms with van der Waals surface area (Å²) in [6, 6.07) is 6.61. The first-order valence-corrected chi connectivity index (χ1v) is 11.5. The highest BCUT2D eigenvalue weighted by Gasteiger charge is 2.29. The number of nitrogens with two attached hydrogens (primary N) is 1. The van der Waals surface area contributed by atoms with Crippen LogP contribution in [-0.4, -0.2) is 35.6 Å². The van der Waals surface area contributed by atoms with Gasteiger partial charge in [-0.15, -0.1) is 0 Å². The minimum atomic E-state index is -3.86. The van der Waals surface area contributed by atoms with Crippen LogP contribution in [0.4, 0.5) is 5.69 Å². The molecule has 0 unspecified atom stereocenters. The van der Waals surface area contributed by atoms with Gasteiger partial charge in [-0.2, -0.15) is 5.10 Å². The smallest absolute Gasteiger partial charge is 0.259 e. The van der Waals surface area contributed by atoms with Crippen LogP contribution in [0.25, 0.3) is 11.0 Å². The quantitative estimate of drug-likeness (QED) is 0.688. The molecule has 1 aliphatic rings. The number of fused-ring (bicyclic) bond motifs is 2. The van der Waals surface area contributed by atoms with Gasteiger partial charge in [0, 0.05) is 24.0 Å². The van der Waals surface area contributed by atoms with Crippen molar-refractivity contribution in [2.45, 2.75) is 51.0 Å². The van der Waals surface area contributed by atoms with Gasteiger partial charge in [-0.05, 0) is 49.9 Å². The van der Waals surface area contributed by atoms with Crippen molar-refractivity contribution in [3.8, 4) is 0 Å². The van der Waals surface area contributed by atoms with Gasteiger partial charge >= 0.3 is 0 Å². The van der Waals surface area contributed by atoms with Gasteiger partial charge < -0.3 is 4.90 Å². The Bertz CT molecular complexity index is 1260. The fourth-order valence-electron chi connectivity index (χ4n) is 3.78. The molecule has 0 radical (unpaired) electrons. The first kappa shape index (κ1) is 20.5. The van der Waals surface area contributed by atoms with E-state index in [0.717, 1.165) is 11.3 Å².